The molecule has 0 radical (unpaired) electrons. The van der Waals surface area contributed by atoms with E-state index in [1.807, 2.05) is 19.1 Å². The van der Waals surface area contributed by atoms with Crippen molar-refractivity contribution in [2.24, 2.45) is 0 Å². The summed E-state index contributed by atoms with van der Waals surface area (Å²) >= 11 is 12.6. The van der Waals surface area contributed by atoms with E-state index in [0.717, 1.165) is 55.5 Å². The average molecular weight is 391 g/mol. The maximum absolute atomic E-state index is 6.51. The van der Waals surface area contributed by atoms with E-state index < -0.39 is 0 Å². The molecule has 2 aliphatic heterocycles. The molecule has 2 aliphatic rings. The molecule has 6 heteroatoms. The van der Waals surface area contributed by atoms with Crippen molar-refractivity contribution in [2.45, 2.75) is 52.0 Å². The van der Waals surface area contributed by atoms with Crippen molar-refractivity contribution >= 4 is 40.5 Å². The van der Waals surface area contributed by atoms with E-state index in [9.17, 15) is 0 Å². The summed E-state index contributed by atoms with van der Waals surface area (Å²) in [6.07, 6.45) is 3.39. The Kier molecular flexibility index (Phi) is 4.74. The van der Waals surface area contributed by atoms with E-state index in [-0.39, 0.29) is 0 Å². The van der Waals surface area contributed by atoms with Crippen molar-refractivity contribution < 1.29 is 0 Å². The fourth-order valence-corrected chi connectivity index (χ4v) is 4.88. The molecular weight excluding hydrogens is 367 g/mol. The summed E-state index contributed by atoms with van der Waals surface area (Å²) in [4.78, 5) is 14.4. The summed E-state index contributed by atoms with van der Waals surface area (Å²) in [5, 5.41) is 1.32. The van der Waals surface area contributed by atoms with Crippen LogP contribution in [-0.4, -0.2) is 29.1 Å². The second kappa shape index (κ2) is 6.90. The predicted octanol–water partition coefficient (Wildman–Crippen LogP) is 5.73. The summed E-state index contributed by atoms with van der Waals surface area (Å²) in [6.45, 7) is 8.45. The molecule has 0 spiro atoms. The maximum atomic E-state index is 6.51. The Balaban J connectivity index is 1.83. The van der Waals surface area contributed by atoms with Crippen molar-refractivity contribution in [1.82, 2.24) is 9.97 Å². The molecule has 3 heterocycles. The van der Waals surface area contributed by atoms with E-state index in [1.165, 1.54) is 5.56 Å². The van der Waals surface area contributed by atoms with Crippen molar-refractivity contribution in [3.63, 3.8) is 0 Å². The minimum absolute atomic E-state index is 0.456. The minimum Gasteiger partial charge on any atom is -0.353 e. The molecule has 1 unspecified atom stereocenters. The van der Waals surface area contributed by atoms with Crippen LogP contribution >= 0.6 is 23.2 Å². The highest BCUT2D eigenvalue weighted by Gasteiger charge is 2.40. The molecule has 138 valence electrons. The van der Waals surface area contributed by atoms with Gasteiger partial charge in [0, 0.05) is 35.6 Å². The van der Waals surface area contributed by atoms with E-state index in [1.54, 1.807) is 6.07 Å². The first-order valence-electron chi connectivity index (χ1n) is 9.41. The lowest BCUT2D eigenvalue weighted by Crippen LogP contribution is -2.40. The van der Waals surface area contributed by atoms with Gasteiger partial charge in [0.15, 0.2) is 0 Å². The van der Waals surface area contributed by atoms with Crippen molar-refractivity contribution in [3.05, 3.63) is 39.6 Å². The quantitative estimate of drug-likeness (QED) is 0.667. The Labute approximate surface area is 165 Å². The zero-order valence-electron chi connectivity index (χ0n) is 15.5. The third kappa shape index (κ3) is 2.84. The molecule has 0 N–H and O–H groups in total. The molecule has 0 saturated carbocycles. The van der Waals surface area contributed by atoms with E-state index in [2.05, 4.69) is 23.6 Å². The standard InChI is InChI=1S/C20H24Cl2N4/c1-4-15(5-2)25-9-8-13-11-26(17-7-6-14(21)10-16(17)22)20-18(13)19(25)23-12(3)24-20/h6-7,10,13,15H,4-5,8-9,11H2,1-3H3. The van der Waals surface area contributed by atoms with Crippen LogP contribution in [0.25, 0.3) is 0 Å². The number of nitrogens with zero attached hydrogens (tertiary/aromatic N) is 4. The monoisotopic (exact) mass is 390 g/mol. The Morgan fingerprint density at radius 3 is 2.58 bits per heavy atom. The summed E-state index contributed by atoms with van der Waals surface area (Å²) in [5.41, 5.74) is 2.26. The fourth-order valence-electron chi connectivity index (χ4n) is 4.37. The van der Waals surface area contributed by atoms with Gasteiger partial charge in [-0.2, -0.15) is 0 Å². The first-order chi connectivity index (χ1) is 12.5. The third-order valence-electron chi connectivity index (χ3n) is 5.66. The molecule has 0 amide bonds. The van der Waals surface area contributed by atoms with Crippen molar-refractivity contribution in [3.8, 4) is 0 Å². The summed E-state index contributed by atoms with van der Waals surface area (Å²) < 4.78 is 0. The van der Waals surface area contributed by atoms with Crippen LogP contribution in [0, 0.1) is 6.92 Å². The van der Waals surface area contributed by atoms with E-state index in [4.69, 9.17) is 33.2 Å². The average Bonchev–Trinajstić information content (AvgIpc) is 2.97. The van der Waals surface area contributed by atoms with Crippen LogP contribution in [0.5, 0.6) is 0 Å². The highest BCUT2D eigenvalue weighted by molar-refractivity contribution is 6.36. The van der Waals surface area contributed by atoms with Gasteiger partial charge in [0.2, 0.25) is 0 Å². The Morgan fingerprint density at radius 2 is 1.88 bits per heavy atom. The van der Waals surface area contributed by atoms with Gasteiger partial charge < -0.3 is 9.80 Å². The molecule has 0 fully saturated rings. The van der Waals surface area contributed by atoms with Gasteiger partial charge >= 0.3 is 0 Å². The van der Waals surface area contributed by atoms with Gasteiger partial charge in [0.1, 0.15) is 17.5 Å². The molecule has 0 bridgehead atoms. The topological polar surface area (TPSA) is 32.3 Å². The van der Waals surface area contributed by atoms with Crippen LogP contribution < -0.4 is 9.80 Å². The lowest BCUT2D eigenvalue weighted by Gasteiger charge is -2.37. The smallest absolute Gasteiger partial charge is 0.142 e. The summed E-state index contributed by atoms with van der Waals surface area (Å²) in [7, 11) is 0. The Morgan fingerprint density at radius 1 is 1.15 bits per heavy atom. The molecule has 0 saturated heterocycles. The Hall–Kier alpha value is -1.52. The van der Waals surface area contributed by atoms with E-state index in [0.29, 0.717) is 22.0 Å². The van der Waals surface area contributed by atoms with Gasteiger partial charge in [-0.15, -0.1) is 0 Å². The normalized spacial score (nSPS) is 18.6. The lowest BCUT2D eigenvalue weighted by atomic mass is 9.93. The van der Waals surface area contributed by atoms with Gasteiger partial charge in [-0.1, -0.05) is 37.0 Å². The zero-order valence-corrected chi connectivity index (χ0v) is 17.0. The predicted molar refractivity (Wildman–Crippen MR) is 109 cm³/mol. The van der Waals surface area contributed by atoms with Gasteiger partial charge in [-0.25, -0.2) is 9.97 Å². The summed E-state index contributed by atoms with van der Waals surface area (Å²) in [5.74, 6) is 3.41. The molecule has 1 atom stereocenters. The second-order valence-corrected chi connectivity index (χ2v) is 8.03. The number of hydrogen-bond acceptors (Lipinski definition) is 4. The second-order valence-electron chi connectivity index (χ2n) is 7.19. The lowest BCUT2D eigenvalue weighted by molar-refractivity contribution is 0.502. The van der Waals surface area contributed by atoms with Crippen LogP contribution in [-0.2, 0) is 0 Å². The molecule has 2 aromatic rings. The molecule has 26 heavy (non-hydrogen) atoms. The highest BCUT2D eigenvalue weighted by atomic mass is 35.5. The number of rotatable bonds is 4. The number of aromatic nitrogens is 2. The van der Waals surface area contributed by atoms with Gasteiger partial charge in [-0.05, 0) is 44.4 Å². The van der Waals surface area contributed by atoms with Crippen LogP contribution in [0.2, 0.25) is 10.0 Å². The molecule has 4 rings (SSSR count). The SMILES string of the molecule is CCC(CC)N1CCC2CN(c3ccc(Cl)cc3Cl)c3nc(C)nc1c32. The molecule has 1 aromatic heterocycles. The summed E-state index contributed by atoms with van der Waals surface area (Å²) in [6, 6.07) is 6.21. The number of benzene rings is 1. The van der Waals surface area contributed by atoms with Crippen molar-refractivity contribution in [1.29, 1.82) is 0 Å². The molecule has 1 aromatic carbocycles. The van der Waals surface area contributed by atoms with Crippen LogP contribution in [0.3, 0.4) is 0 Å². The minimum atomic E-state index is 0.456. The highest BCUT2D eigenvalue weighted by Crippen LogP contribution is 2.49. The van der Waals surface area contributed by atoms with Crippen molar-refractivity contribution in [2.75, 3.05) is 22.9 Å². The maximum Gasteiger partial charge on any atom is 0.142 e. The number of halogens is 2. The first kappa shape index (κ1) is 17.9. The van der Waals surface area contributed by atoms with Crippen LogP contribution in [0.1, 0.15) is 50.4 Å². The first-order valence-corrected chi connectivity index (χ1v) is 10.2. The van der Waals surface area contributed by atoms with Crippen LogP contribution in [0.4, 0.5) is 17.3 Å². The number of aryl methyl sites for hydroxylation is 1. The molecule has 0 aliphatic carbocycles. The third-order valence-corrected chi connectivity index (χ3v) is 6.20. The largest absolute Gasteiger partial charge is 0.353 e. The van der Waals surface area contributed by atoms with Gasteiger partial charge in [-0.3, -0.25) is 0 Å². The molecular formula is C20H24Cl2N4. The number of hydrogen-bond donors (Lipinski definition) is 0. The zero-order chi connectivity index (χ0) is 18.4. The Bertz CT molecular complexity index is 835. The van der Waals surface area contributed by atoms with Gasteiger partial charge in [0.05, 0.1) is 10.7 Å². The fraction of sp³-hybridized carbons (Fsp3) is 0.500. The van der Waals surface area contributed by atoms with E-state index >= 15 is 0 Å². The van der Waals surface area contributed by atoms with Gasteiger partial charge in [0.25, 0.3) is 0 Å². The van der Waals surface area contributed by atoms with Crippen LogP contribution in [0.15, 0.2) is 18.2 Å². The number of anilines is 3. The molecule has 4 nitrogen and oxygen atoms in total.